The van der Waals surface area contributed by atoms with Gasteiger partial charge in [-0.15, -0.1) is 0 Å². The first-order chi connectivity index (χ1) is 10.1. The molecule has 21 heavy (non-hydrogen) atoms. The van der Waals surface area contributed by atoms with E-state index in [4.69, 9.17) is 0 Å². The summed E-state index contributed by atoms with van der Waals surface area (Å²) in [6.45, 7) is 3.41. The molecule has 0 bridgehead atoms. The van der Waals surface area contributed by atoms with Crippen LogP contribution in [0.15, 0.2) is 24.3 Å². The molecule has 4 nitrogen and oxygen atoms in total. The van der Waals surface area contributed by atoms with Gasteiger partial charge in [0, 0.05) is 37.3 Å². The summed E-state index contributed by atoms with van der Waals surface area (Å²) in [5, 5.41) is 3.74. The van der Waals surface area contributed by atoms with Gasteiger partial charge in [-0.25, -0.2) is 0 Å². The normalized spacial score (nSPS) is 30.3. The number of hydrogen-bond donors (Lipinski definition) is 1. The molecule has 1 N–H and O–H groups in total. The highest BCUT2D eigenvalue weighted by Crippen LogP contribution is 2.34. The van der Waals surface area contributed by atoms with Gasteiger partial charge < -0.3 is 15.1 Å². The van der Waals surface area contributed by atoms with Crippen LogP contribution in [0.25, 0.3) is 0 Å². The van der Waals surface area contributed by atoms with Crippen LogP contribution in [-0.2, 0) is 4.79 Å². The average molecular weight is 287 g/mol. The monoisotopic (exact) mass is 287 g/mol. The molecule has 1 aromatic rings. The Bertz CT molecular complexity index is 531. The Morgan fingerprint density at radius 1 is 1.24 bits per heavy atom. The highest BCUT2D eigenvalue weighted by Gasteiger charge is 2.31. The van der Waals surface area contributed by atoms with Crippen LogP contribution in [0, 0.1) is 0 Å². The number of anilines is 1. The quantitative estimate of drug-likeness (QED) is 0.905. The van der Waals surface area contributed by atoms with Gasteiger partial charge in [0.15, 0.2) is 0 Å². The molecule has 1 amide bonds. The van der Waals surface area contributed by atoms with E-state index in [2.05, 4.69) is 36.3 Å². The number of hydrogen-bond acceptors (Lipinski definition) is 3. The minimum atomic E-state index is 0.158. The zero-order valence-corrected chi connectivity index (χ0v) is 13.2. The van der Waals surface area contributed by atoms with E-state index < -0.39 is 0 Å². The van der Waals surface area contributed by atoms with Crippen LogP contribution in [-0.4, -0.2) is 43.5 Å². The number of para-hydroxylation sites is 1. The largest absolute Gasteiger partial charge is 0.315 e. The number of piperidine rings is 1. The van der Waals surface area contributed by atoms with Crippen molar-refractivity contribution in [2.75, 3.05) is 25.5 Å². The van der Waals surface area contributed by atoms with Crippen LogP contribution in [0.5, 0.6) is 0 Å². The van der Waals surface area contributed by atoms with Crippen LogP contribution in [0.1, 0.15) is 37.8 Å². The fourth-order valence-electron chi connectivity index (χ4n) is 3.52. The van der Waals surface area contributed by atoms with Gasteiger partial charge in [-0.2, -0.15) is 0 Å². The minimum absolute atomic E-state index is 0.158. The molecule has 1 aromatic carbocycles. The maximum atomic E-state index is 12.2. The molecule has 2 aliphatic heterocycles. The van der Waals surface area contributed by atoms with Gasteiger partial charge in [-0.1, -0.05) is 18.2 Å². The van der Waals surface area contributed by atoms with Gasteiger partial charge in [0.2, 0.25) is 5.91 Å². The number of fused-ring (bicyclic) bond motifs is 1. The summed E-state index contributed by atoms with van der Waals surface area (Å²) in [5.41, 5.74) is 2.30. The fourth-order valence-corrected chi connectivity index (χ4v) is 3.52. The molecule has 2 heterocycles. The van der Waals surface area contributed by atoms with Crippen molar-refractivity contribution in [3.05, 3.63) is 29.8 Å². The predicted molar refractivity (Wildman–Crippen MR) is 85.5 cm³/mol. The Morgan fingerprint density at radius 2 is 2.00 bits per heavy atom. The standard InChI is InChI=1S/C17H25N3O/c1-12-10-13(8-9-19(12)2)18-15-11-17(21)20(3)16-7-5-4-6-14(15)16/h4-7,12-13,15,18H,8-11H2,1-3H3. The van der Waals surface area contributed by atoms with Crippen molar-refractivity contribution < 1.29 is 4.79 Å². The molecule has 4 heteroatoms. The Hall–Kier alpha value is -1.39. The van der Waals surface area contributed by atoms with E-state index in [1.54, 1.807) is 4.90 Å². The molecule has 3 unspecified atom stereocenters. The fraction of sp³-hybridized carbons (Fsp3) is 0.588. The first kappa shape index (κ1) is 14.5. The molecule has 0 aliphatic carbocycles. The van der Waals surface area contributed by atoms with Gasteiger partial charge in [0.1, 0.15) is 0 Å². The number of nitrogens with zero attached hydrogens (tertiary/aromatic N) is 2. The lowest BCUT2D eigenvalue weighted by Gasteiger charge is -2.39. The highest BCUT2D eigenvalue weighted by molar-refractivity contribution is 5.96. The van der Waals surface area contributed by atoms with Crippen molar-refractivity contribution in [2.24, 2.45) is 0 Å². The van der Waals surface area contributed by atoms with Gasteiger partial charge >= 0.3 is 0 Å². The second-order valence-electron chi connectivity index (χ2n) is 6.49. The van der Waals surface area contributed by atoms with Gasteiger partial charge in [0.05, 0.1) is 0 Å². The first-order valence-corrected chi connectivity index (χ1v) is 7.88. The Labute approximate surface area is 127 Å². The van der Waals surface area contributed by atoms with Crippen molar-refractivity contribution in [3.63, 3.8) is 0 Å². The van der Waals surface area contributed by atoms with E-state index in [0.717, 1.165) is 25.1 Å². The third kappa shape index (κ3) is 2.83. The van der Waals surface area contributed by atoms with Crippen LogP contribution >= 0.6 is 0 Å². The average Bonchev–Trinajstić information content (AvgIpc) is 2.48. The van der Waals surface area contributed by atoms with Crippen molar-refractivity contribution in [1.29, 1.82) is 0 Å². The summed E-state index contributed by atoms with van der Waals surface area (Å²) in [6, 6.07) is 9.52. The third-order valence-corrected chi connectivity index (χ3v) is 5.07. The third-order valence-electron chi connectivity index (χ3n) is 5.07. The maximum absolute atomic E-state index is 12.2. The number of amides is 1. The highest BCUT2D eigenvalue weighted by atomic mass is 16.2. The lowest BCUT2D eigenvalue weighted by molar-refractivity contribution is -0.119. The molecule has 3 rings (SSSR count). The Kier molecular flexibility index (Phi) is 4.00. The van der Waals surface area contributed by atoms with Crippen LogP contribution in [0.4, 0.5) is 5.69 Å². The Morgan fingerprint density at radius 3 is 2.76 bits per heavy atom. The SMILES string of the molecule is CC1CC(NC2CC(=O)N(C)c3ccccc32)CCN1C. The van der Waals surface area contributed by atoms with E-state index in [0.29, 0.717) is 18.5 Å². The molecule has 114 valence electrons. The predicted octanol–water partition coefficient (Wildman–Crippen LogP) is 2.17. The van der Waals surface area contributed by atoms with E-state index in [9.17, 15) is 4.79 Å². The number of likely N-dealkylation sites (tertiary alicyclic amines) is 1. The number of rotatable bonds is 2. The van der Waals surface area contributed by atoms with Crippen LogP contribution in [0.2, 0.25) is 0 Å². The zero-order valence-electron chi connectivity index (χ0n) is 13.2. The lowest BCUT2D eigenvalue weighted by atomic mass is 9.92. The molecule has 1 fully saturated rings. The smallest absolute Gasteiger partial charge is 0.228 e. The molecule has 0 spiro atoms. The summed E-state index contributed by atoms with van der Waals surface area (Å²) < 4.78 is 0. The number of carbonyl (C=O) groups is 1. The molecular weight excluding hydrogens is 262 g/mol. The van der Waals surface area contributed by atoms with Crippen molar-refractivity contribution >= 4 is 11.6 Å². The molecule has 0 saturated carbocycles. The number of benzene rings is 1. The summed E-state index contributed by atoms with van der Waals surface area (Å²) in [4.78, 5) is 16.4. The van der Waals surface area contributed by atoms with E-state index in [1.807, 2.05) is 19.2 Å². The second kappa shape index (κ2) is 5.78. The first-order valence-electron chi connectivity index (χ1n) is 7.88. The Balaban J connectivity index is 1.77. The minimum Gasteiger partial charge on any atom is -0.315 e. The molecule has 2 aliphatic rings. The van der Waals surface area contributed by atoms with Gasteiger partial charge in [-0.3, -0.25) is 4.79 Å². The molecule has 0 radical (unpaired) electrons. The van der Waals surface area contributed by atoms with E-state index in [-0.39, 0.29) is 11.9 Å². The van der Waals surface area contributed by atoms with Crippen molar-refractivity contribution in [2.45, 2.75) is 44.3 Å². The summed E-state index contributed by atoms with van der Waals surface area (Å²) in [6.07, 6.45) is 2.87. The molecule has 0 aromatic heterocycles. The summed E-state index contributed by atoms with van der Waals surface area (Å²) in [7, 11) is 4.06. The molecular formula is C17H25N3O. The van der Waals surface area contributed by atoms with Crippen LogP contribution in [0.3, 0.4) is 0 Å². The second-order valence-corrected chi connectivity index (χ2v) is 6.49. The molecule has 1 saturated heterocycles. The van der Waals surface area contributed by atoms with E-state index >= 15 is 0 Å². The topological polar surface area (TPSA) is 35.6 Å². The maximum Gasteiger partial charge on any atom is 0.228 e. The number of carbonyl (C=O) groups excluding carboxylic acids is 1. The van der Waals surface area contributed by atoms with Crippen LogP contribution < -0.4 is 10.2 Å². The van der Waals surface area contributed by atoms with Gasteiger partial charge in [0.25, 0.3) is 0 Å². The summed E-state index contributed by atoms with van der Waals surface area (Å²) >= 11 is 0. The van der Waals surface area contributed by atoms with Crippen molar-refractivity contribution in [3.8, 4) is 0 Å². The zero-order chi connectivity index (χ0) is 15.0. The number of nitrogens with one attached hydrogen (secondary N) is 1. The lowest BCUT2D eigenvalue weighted by Crippen LogP contribution is -2.48. The van der Waals surface area contributed by atoms with Crippen molar-refractivity contribution in [1.82, 2.24) is 10.2 Å². The summed E-state index contributed by atoms with van der Waals surface area (Å²) in [5.74, 6) is 0.201. The van der Waals surface area contributed by atoms with Gasteiger partial charge in [-0.05, 0) is 45.0 Å². The van der Waals surface area contributed by atoms with E-state index in [1.165, 1.54) is 5.56 Å². The molecule has 3 atom stereocenters.